The SMILES string of the molecule is O=C(Nc1c(F)cccc1F)c1ccn(Cc2ccccc2Br)n1. The Labute approximate surface area is 145 Å². The molecule has 7 heteroatoms. The number of nitrogens with zero attached hydrogens (tertiary/aromatic N) is 2. The van der Waals surface area contributed by atoms with Crippen LogP contribution in [-0.4, -0.2) is 15.7 Å². The van der Waals surface area contributed by atoms with Gasteiger partial charge < -0.3 is 5.32 Å². The predicted molar refractivity (Wildman–Crippen MR) is 89.8 cm³/mol. The van der Waals surface area contributed by atoms with E-state index >= 15 is 0 Å². The van der Waals surface area contributed by atoms with Gasteiger partial charge in [-0.25, -0.2) is 8.78 Å². The van der Waals surface area contributed by atoms with Gasteiger partial charge in [0.05, 0.1) is 6.54 Å². The highest BCUT2D eigenvalue weighted by Crippen LogP contribution is 2.19. The number of anilines is 1. The van der Waals surface area contributed by atoms with Gasteiger partial charge in [0.1, 0.15) is 17.3 Å². The van der Waals surface area contributed by atoms with E-state index in [-0.39, 0.29) is 5.69 Å². The monoisotopic (exact) mass is 391 g/mol. The molecule has 2 aromatic carbocycles. The molecule has 4 nitrogen and oxygen atoms in total. The van der Waals surface area contributed by atoms with Crippen molar-refractivity contribution in [3.8, 4) is 0 Å². The second kappa shape index (κ2) is 6.92. The number of halogens is 3. The summed E-state index contributed by atoms with van der Waals surface area (Å²) in [5, 5.41) is 6.35. The molecule has 0 aliphatic rings. The van der Waals surface area contributed by atoms with E-state index in [0.717, 1.165) is 22.2 Å². The fraction of sp³-hybridized carbons (Fsp3) is 0.0588. The molecule has 0 saturated carbocycles. The zero-order valence-electron chi connectivity index (χ0n) is 12.3. The number of rotatable bonds is 4. The maximum atomic E-state index is 13.6. The van der Waals surface area contributed by atoms with Gasteiger partial charge in [0.2, 0.25) is 0 Å². The van der Waals surface area contributed by atoms with Gasteiger partial charge in [-0.3, -0.25) is 9.48 Å². The highest BCUT2D eigenvalue weighted by atomic mass is 79.9. The number of carbonyl (C=O) groups is 1. The quantitative estimate of drug-likeness (QED) is 0.723. The fourth-order valence-corrected chi connectivity index (χ4v) is 2.58. The number of aromatic nitrogens is 2. The van der Waals surface area contributed by atoms with Crippen LogP contribution >= 0.6 is 15.9 Å². The lowest BCUT2D eigenvalue weighted by Gasteiger charge is -2.06. The summed E-state index contributed by atoms with van der Waals surface area (Å²) in [5.41, 5.74) is 0.584. The minimum absolute atomic E-state index is 0.0738. The first-order valence-electron chi connectivity index (χ1n) is 7.07. The van der Waals surface area contributed by atoms with Crippen molar-refractivity contribution in [1.82, 2.24) is 9.78 Å². The molecule has 24 heavy (non-hydrogen) atoms. The Morgan fingerprint density at radius 1 is 1.08 bits per heavy atom. The lowest BCUT2D eigenvalue weighted by Crippen LogP contribution is -2.15. The Bertz CT molecular complexity index is 875. The minimum Gasteiger partial charge on any atom is -0.316 e. The van der Waals surface area contributed by atoms with E-state index in [9.17, 15) is 13.6 Å². The van der Waals surface area contributed by atoms with Crippen LogP contribution in [0.3, 0.4) is 0 Å². The summed E-state index contributed by atoms with van der Waals surface area (Å²) in [6, 6.07) is 12.5. The van der Waals surface area contributed by atoms with Gasteiger partial charge in [0.15, 0.2) is 5.69 Å². The Morgan fingerprint density at radius 2 is 1.79 bits per heavy atom. The van der Waals surface area contributed by atoms with Crippen molar-refractivity contribution in [3.63, 3.8) is 0 Å². The maximum Gasteiger partial charge on any atom is 0.276 e. The molecule has 0 atom stereocenters. The van der Waals surface area contributed by atoms with E-state index in [1.807, 2.05) is 24.3 Å². The highest BCUT2D eigenvalue weighted by Gasteiger charge is 2.15. The molecule has 1 N–H and O–H groups in total. The summed E-state index contributed by atoms with van der Waals surface area (Å²) in [7, 11) is 0. The Kier molecular flexibility index (Phi) is 4.71. The molecule has 0 unspecified atom stereocenters. The molecule has 1 aromatic heterocycles. The third kappa shape index (κ3) is 3.51. The molecular weight excluding hydrogens is 380 g/mol. The van der Waals surface area contributed by atoms with Crippen molar-refractivity contribution < 1.29 is 13.6 Å². The van der Waals surface area contributed by atoms with Crippen LogP contribution < -0.4 is 5.32 Å². The standard InChI is InChI=1S/C17H12BrF2N3O/c18-12-5-2-1-4-11(12)10-23-9-8-15(22-23)17(24)21-16-13(19)6-3-7-14(16)20/h1-9H,10H2,(H,21,24). The second-order valence-electron chi connectivity index (χ2n) is 5.04. The zero-order chi connectivity index (χ0) is 17.1. The van der Waals surface area contributed by atoms with Gasteiger partial charge >= 0.3 is 0 Å². The second-order valence-corrected chi connectivity index (χ2v) is 5.90. The predicted octanol–water partition coefficient (Wildman–Crippen LogP) is 4.22. The fourth-order valence-electron chi connectivity index (χ4n) is 2.17. The summed E-state index contributed by atoms with van der Waals surface area (Å²) in [4.78, 5) is 12.1. The van der Waals surface area contributed by atoms with Gasteiger partial charge in [-0.15, -0.1) is 0 Å². The van der Waals surface area contributed by atoms with Gasteiger partial charge in [-0.05, 0) is 29.8 Å². The molecular formula is C17H12BrF2N3O. The van der Waals surface area contributed by atoms with E-state index in [0.29, 0.717) is 6.54 Å². The molecule has 3 aromatic rings. The average molecular weight is 392 g/mol. The number of hydrogen-bond acceptors (Lipinski definition) is 2. The minimum atomic E-state index is -0.837. The topological polar surface area (TPSA) is 46.9 Å². The molecule has 1 amide bonds. The molecule has 1 heterocycles. The molecule has 0 bridgehead atoms. The van der Waals surface area contributed by atoms with Gasteiger partial charge in [0.25, 0.3) is 5.91 Å². The van der Waals surface area contributed by atoms with Crippen molar-refractivity contribution in [2.24, 2.45) is 0 Å². The molecule has 0 fully saturated rings. The van der Waals surface area contributed by atoms with Crippen molar-refractivity contribution in [1.29, 1.82) is 0 Å². The van der Waals surface area contributed by atoms with Crippen molar-refractivity contribution >= 4 is 27.5 Å². The molecule has 0 aliphatic heterocycles. The smallest absolute Gasteiger partial charge is 0.276 e. The average Bonchev–Trinajstić information content (AvgIpc) is 3.02. The molecule has 122 valence electrons. The summed E-state index contributed by atoms with van der Waals surface area (Å²) in [5.74, 6) is -2.35. The number of hydrogen-bond donors (Lipinski definition) is 1. The largest absolute Gasteiger partial charge is 0.316 e. The third-order valence-electron chi connectivity index (χ3n) is 3.36. The molecule has 0 aliphatic carbocycles. The number of benzene rings is 2. The van der Waals surface area contributed by atoms with Crippen molar-refractivity contribution in [3.05, 3.63) is 82.1 Å². The van der Waals surface area contributed by atoms with Crippen LogP contribution in [0.15, 0.2) is 59.2 Å². The van der Waals surface area contributed by atoms with Gasteiger partial charge in [-0.1, -0.05) is 40.2 Å². The van der Waals surface area contributed by atoms with Gasteiger partial charge in [-0.2, -0.15) is 5.10 Å². The first-order valence-corrected chi connectivity index (χ1v) is 7.86. The van der Waals surface area contributed by atoms with E-state index in [4.69, 9.17) is 0 Å². The zero-order valence-corrected chi connectivity index (χ0v) is 13.9. The summed E-state index contributed by atoms with van der Waals surface area (Å²) in [6.07, 6.45) is 1.63. The Balaban J connectivity index is 1.76. The third-order valence-corrected chi connectivity index (χ3v) is 4.14. The maximum absolute atomic E-state index is 13.6. The summed E-state index contributed by atoms with van der Waals surface area (Å²) in [6.45, 7) is 0.461. The Hall–Kier alpha value is -2.54. The number of carbonyl (C=O) groups excluding carboxylic acids is 1. The van der Waals surface area contributed by atoms with Crippen LogP contribution in [0.5, 0.6) is 0 Å². The van der Waals surface area contributed by atoms with E-state index in [2.05, 4.69) is 26.3 Å². The van der Waals surface area contributed by atoms with Crippen LogP contribution in [0.4, 0.5) is 14.5 Å². The van der Waals surface area contributed by atoms with Crippen LogP contribution in [-0.2, 0) is 6.54 Å². The van der Waals surface area contributed by atoms with Crippen LogP contribution in [0.1, 0.15) is 16.1 Å². The number of para-hydroxylation sites is 1. The summed E-state index contributed by atoms with van der Waals surface area (Å²) >= 11 is 3.45. The number of amides is 1. The lowest BCUT2D eigenvalue weighted by atomic mass is 10.2. The van der Waals surface area contributed by atoms with Crippen LogP contribution in [0.2, 0.25) is 0 Å². The van der Waals surface area contributed by atoms with E-state index < -0.39 is 23.2 Å². The van der Waals surface area contributed by atoms with Crippen LogP contribution in [0, 0.1) is 11.6 Å². The first kappa shape index (κ1) is 16.3. The molecule has 3 rings (SSSR count). The lowest BCUT2D eigenvalue weighted by molar-refractivity contribution is 0.102. The first-order chi connectivity index (χ1) is 11.5. The highest BCUT2D eigenvalue weighted by molar-refractivity contribution is 9.10. The molecule has 0 radical (unpaired) electrons. The van der Waals surface area contributed by atoms with E-state index in [1.165, 1.54) is 12.1 Å². The normalized spacial score (nSPS) is 10.6. The van der Waals surface area contributed by atoms with Crippen molar-refractivity contribution in [2.45, 2.75) is 6.54 Å². The van der Waals surface area contributed by atoms with Gasteiger partial charge in [0, 0.05) is 10.7 Å². The number of nitrogens with one attached hydrogen (secondary N) is 1. The van der Waals surface area contributed by atoms with Crippen molar-refractivity contribution in [2.75, 3.05) is 5.32 Å². The molecule has 0 saturated heterocycles. The van der Waals surface area contributed by atoms with E-state index in [1.54, 1.807) is 10.9 Å². The molecule has 0 spiro atoms. The summed E-state index contributed by atoms with van der Waals surface area (Å²) < 4.78 is 29.7. The Morgan fingerprint density at radius 3 is 2.50 bits per heavy atom. The van der Waals surface area contributed by atoms with Crippen LogP contribution in [0.25, 0.3) is 0 Å².